The van der Waals surface area contributed by atoms with Gasteiger partial charge in [0.05, 0.1) is 14.2 Å². The summed E-state index contributed by atoms with van der Waals surface area (Å²) in [6, 6.07) is 6.58. The van der Waals surface area contributed by atoms with Gasteiger partial charge in [-0.2, -0.15) is 4.98 Å². The number of halogens is 1. The molecule has 13 heteroatoms. The van der Waals surface area contributed by atoms with Crippen molar-refractivity contribution in [2.24, 2.45) is 7.05 Å². The molecule has 0 aliphatic rings. The number of carbonyl (C=O) groups excluding carboxylic acids is 2. The van der Waals surface area contributed by atoms with Gasteiger partial charge in [-0.25, -0.2) is 27.7 Å². The lowest BCUT2D eigenvalue weighted by Gasteiger charge is -2.10. The van der Waals surface area contributed by atoms with Gasteiger partial charge in [0.2, 0.25) is 11.8 Å². The number of aromatic nitrogens is 3. The topological polar surface area (TPSA) is 142 Å². The number of hydrogen-bond donors (Lipinski definition) is 2. The number of carbonyl (C=O) groups is 2. The number of anilines is 1. The summed E-state index contributed by atoms with van der Waals surface area (Å²) in [7, 11) is -0.526. The second kappa shape index (κ2) is 8.16. The molecule has 0 unspecified atom stereocenters. The number of sulfonamides is 1. The molecule has 0 atom stereocenters. The molecule has 11 nitrogen and oxygen atoms in total. The average Bonchev–Trinajstić information content (AvgIpc) is 3.00. The van der Waals surface area contributed by atoms with Crippen molar-refractivity contribution in [2.45, 2.75) is 4.90 Å². The Bertz CT molecular complexity index is 1260. The predicted molar refractivity (Wildman–Crippen MR) is 107 cm³/mol. The summed E-state index contributed by atoms with van der Waals surface area (Å²) in [5, 5.41) is 2.37. The molecule has 0 radical (unpaired) electrons. The molecule has 30 heavy (non-hydrogen) atoms. The van der Waals surface area contributed by atoms with Crippen LogP contribution in [0.25, 0.3) is 10.9 Å². The van der Waals surface area contributed by atoms with E-state index in [0.29, 0.717) is 5.52 Å². The first-order chi connectivity index (χ1) is 14.2. The first-order valence-corrected chi connectivity index (χ1v) is 10.1. The first-order valence-electron chi connectivity index (χ1n) is 8.26. The smallest absolute Gasteiger partial charge is 0.356 e. The highest BCUT2D eigenvalue weighted by Gasteiger charge is 2.32. The lowest BCUT2D eigenvalue weighted by atomic mass is 10.2. The standard InChI is InChI=1S/C17H16ClN5O6S/c1-23-10-7-5-4-6-9(10)14(13(23)15(24)29-3)30(26,27)22-17(25)21-16-19-11(18)8-12(20-16)28-2/h4-8H,1-3H3,(H2,19,20,21,22,25). The minimum atomic E-state index is -4.50. The van der Waals surface area contributed by atoms with E-state index in [4.69, 9.17) is 21.1 Å². The Morgan fingerprint density at radius 3 is 2.53 bits per heavy atom. The number of hydrogen-bond acceptors (Lipinski definition) is 8. The maximum absolute atomic E-state index is 13.0. The minimum absolute atomic E-state index is 0.0259. The van der Waals surface area contributed by atoms with Crippen molar-refractivity contribution in [1.29, 1.82) is 0 Å². The molecule has 1 aromatic carbocycles. The minimum Gasteiger partial charge on any atom is -0.481 e. The fourth-order valence-corrected chi connectivity index (χ4v) is 4.32. The van der Waals surface area contributed by atoms with Crippen LogP contribution >= 0.6 is 11.6 Å². The van der Waals surface area contributed by atoms with Crippen LogP contribution in [-0.4, -0.2) is 49.2 Å². The third-order valence-corrected chi connectivity index (χ3v) is 5.64. The van der Waals surface area contributed by atoms with Crippen LogP contribution in [0.2, 0.25) is 5.15 Å². The Kier molecular flexibility index (Phi) is 5.80. The first kappa shape index (κ1) is 21.3. The molecule has 2 N–H and O–H groups in total. The van der Waals surface area contributed by atoms with Gasteiger partial charge in [0.25, 0.3) is 10.0 Å². The number of nitrogens with one attached hydrogen (secondary N) is 2. The van der Waals surface area contributed by atoms with E-state index in [9.17, 15) is 18.0 Å². The van der Waals surface area contributed by atoms with Crippen molar-refractivity contribution in [3.63, 3.8) is 0 Å². The highest BCUT2D eigenvalue weighted by molar-refractivity contribution is 7.90. The molecule has 0 aliphatic heterocycles. The Morgan fingerprint density at radius 2 is 1.87 bits per heavy atom. The predicted octanol–water partition coefficient (Wildman–Crippen LogP) is 1.93. The van der Waals surface area contributed by atoms with Crippen molar-refractivity contribution < 1.29 is 27.5 Å². The van der Waals surface area contributed by atoms with Gasteiger partial charge in [-0.3, -0.25) is 5.32 Å². The Balaban J connectivity index is 2.00. The van der Waals surface area contributed by atoms with E-state index in [0.717, 1.165) is 7.11 Å². The summed E-state index contributed by atoms with van der Waals surface area (Å²) < 4.78 is 38.9. The van der Waals surface area contributed by atoms with Crippen molar-refractivity contribution in [2.75, 3.05) is 19.5 Å². The van der Waals surface area contributed by atoms with Crippen molar-refractivity contribution in [1.82, 2.24) is 19.3 Å². The molecule has 0 fully saturated rings. The molecule has 0 spiro atoms. The normalized spacial score (nSPS) is 11.2. The van der Waals surface area contributed by atoms with E-state index in [-0.39, 0.29) is 28.1 Å². The molecule has 3 aromatic rings. The van der Waals surface area contributed by atoms with Gasteiger partial charge in [0.1, 0.15) is 15.7 Å². The number of methoxy groups -OCH3 is 2. The van der Waals surface area contributed by atoms with Crippen molar-refractivity contribution in [3.05, 3.63) is 41.2 Å². The largest absolute Gasteiger partial charge is 0.481 e. The SMILES string of the molecule is COC(=O)c1c(S(=O)(=O)NC(=O)Nc2nc(Cl)cc(OC)n2)c2ccccc2n1C. The van der Waals surface area contributed by atoms with E-state index in [1.807, 2.05) is 4.72 Å². The van der Waals surface area contributed by atoms with E-state index in [2.05, 4.69) is 15.3 Å². The van der Waals surface area contributed by atoms with Crippen LogP contribution < -0.4 is 14.8 Å². The van der Waals surface area contributed by atoms with E-state index in [1.165, 1.54) is 30.9 Å². The lowest BCUT2D eigenvalue weighted by Crippen LogP contribution is -2.35. The molecular weight excluding hydrogens is 438 g/mol. The number of ether oxygens (including phenoxy) is 2. The summed E-state index contributed by atoms with van der Waals surface area (Å²) in [4.78, 5) is 31.8. The molecule has 2 heterocycles. The third-order valence-electron chi connectivity index (χ3n) is 4.04. The summed E-state index contributed by atoms with van der Waals surface area (Å²) in [5.74, 6) is -1.09. The number of fused-ring (bicyclic) bond motifs is 1. The molecule has 158 valence electrons. The zero-order valence-corrected chi connectivity index (χ0v) is 17.5. The Labute approximate surface area is 176 Å². The zero-order valence-electron chi connectivity index (χ0n) is 16.0. The monoisotopic (exact) mass is 453 g/mol. The summed E-state index contributed by atoms with van der Waals surface area (Å²) in [6.07, 6.45) is 0. The quantitative estimate of drug-likeness (QED) is 0.440. The maximum Gasteiger partial charge on any atom is 0.356 e. The van der Waals surface area contributed by atoms with Gasteiger partial charge in [0, 0.05) is 24.0 Å². The summed E-state index contributed by atoms with van der Waals surface area (Å²) in [5.41, 5.74) is 0.223. The van der Waals surface area contributed by atoms with Crippen LogP contribution in [0.1, 0.15) is 10.5 Å². The van der Waals surface area contributed by atoms with Gasteiger partial charge in [0.15, 0.2) is 0 Å². The maximum atomic E-state index is 13.0. The molecular formula is C17H16ClN5O6S. The molecule has 0 saturated heterocycles. The zero-order chi connectivity index (χ0) is 22.1. The van der Waals surface area contributed by atoms with Crippen LogP contribution in [0.15, 0.2) is 35.2 Å². The number of esters is 1. The number of rotatable bonds is 5. The van der Waals surface area contributed by atoms with Gasteiger partial charge >= 0.3 is 12.0 Å². The molecule has 0 saturated carbocycles. The molecule has 2 amide bonds. The van der Waals surface area contributed by atoms with Crippen LogP contribution in [0.4, 0.5) is 10.7 Å². The number of benzene rings is 1. The van der Waals surface area contributed by atoms with E-state index in [1.54, 1.807) is 18.2 Å². The van der Waals surface area contributed by atoms with Crippen LogP contribution in [-0.2, 0) is 21.8 Å². The number of amides is 2. The van der Waals surface area contributed by atoms with Crippen LogP contribution in [0.5, 0.6) is 5.88 Å². The van der Waals surface area contributed by atoms with Gasteiger partial charge < -0.3 is 14.0 Å². The fraction of sp³-hybridized carbons (Fsp3) is 0.176. The van der Waals surface area contributed by atoms with Crippen molar-refractivity contribution >= 4 is 50.5 Å². The molecule has 2 aromatic heterocycles. The third kappa shape index (κ3) is 4.00. The van der Waals surface area contributed by atoms with Crippen LogP contribution in [0.3, 0.4) is 0 Å². The molecule has 0 bridgehead atoms. The van der Waals surface area contributed by atoms with Gasteiger partial charge in [-0.1, -0.05) is 29.8 Å². The number of aryl methyl sites for hydroxylation is 1. The van der Waals surface area contributed by atoms with Crippen molar-refractivity contribution in [3.8, 4) is 5.88 Å². The van der Waals surface area contributed by atoms with Crippen LogP contribution in [0, 0.1) is 0 Å². The number of urea groups is 1. The second-order valence-electron chi connectivity index (χ2n) is 5.86. The highest BCUT2D eigenvalue weighted by atomic mass is 35.5. The molecule has 3 rings (SSSR count). The molecule has 0 aliphatic carbocycles. The second-order valence-corrected chi connectivity index (χ2v) is 7.87. The Morgan fingerprint density at radius 1 is 1.17 bits per heavy atom. The van der Waals surface area contributed by atoms with E-state index < -0.39 is 26.9 Å². The fourth-order valence-electron chi connectivity index (χ4n) is 2.81. The van der Waals surface area contributed by atoms with E-state index >= 15 is 0 Å². The number of nitrogens with zero attached hydrogens (tertiary/aromatic N) is 3. The summed E-state index contributed by atoms with van der Waals surface area (Å²) >= 11 is 5.81. The number of para-hydroxylation sites is 1. The summed E-state index contributed by atoms with van der Waals surface area (Å²) in [6.45, 7) is 0. The van der Waals surface area contributed by atoms with Gasteiger partial charge in [-0.15, -0.1) is 0 Å². The average molecular weight is 454 g/mol. The lowest BCUT2D eigenvalue weighted by molar-refractivity contribution is 0.0585. The Hall–Kier alpha value is -3.38. The highest BCUT2D eigenvalue weighted by Crippen LogP contribution is 2.30. The van der Waals surface area contributed by atoms with Gasteiger partial charge in [-0.05, 0) is 6.07 Å².